The summed E-state index contributed by atoms with van der Waals surface area (Å²) in [5.41, 5.74) is 1.52. The molecule has 0 saturated carbocycles. The minimum absolute atomic E-state index is 0.0604. The van der Waals surface area contributed by atoms with Gasteiger partial charge < -0.3 is 20.2 Å². The van der Waals surface area contributed by atoms with Crippen LogP contribution in [0.5, 0.6) is 5.75 Å². The highest BCUT2D eigenvalue weighted by atomic mass is 32.2. The number of thiocarbonyl (C=S) groups is 1. The summed E-state index contributed by atoms with van der Waals surface area (Å²) in [5, 5.41) is 18.7. The summed E-state index contributed by atoms with van der Waals surface area (Å²) < 4.78 is 22.6. The molecule has 2 aromatic rings. The molecule has 0 amide bonds. The van der Waals surface area contributed by atoms with E-state index in [0.717, 1.165) is 31.9 Å². The lowest BCUT2D eigenvalue weighted by Crippen LogP contribution is -2.50. The van der Waals surface area contributed by atoms with Gasteiger partial charge in [0.25, 0.3) is 0 Å². The molecule has 0 aliphatic carbocycles. The Hall–Kier alpha value is -2.36. The number of nitrogens with two attached hydrogens (primary N) is 1. The second-order valence-corrected chi connectivity index (χ2v) is 7.91. The number of primary sulfonamides is 1. The fourth-order valence-corrected chi connectivity index (χ4v) is 3.63. The van der Waals surface area contributed by atoms with Gasteiger partial charge in [-0.2, -0.15) is 0 Å². The van der Waals surface area contributed by atoms with Gasteiger partial charge in [-0.15, -0.1) is 0 Å². The van der Waals surface area contributed by atoms with E-state index in [2.05, 4.69) is 10.2 Å². The molecule has 1 heterocycles. The molecule has 1 saturated heterocycles. The van der Waals surface area contributed by atoms with Crippen molar-refractivity contribution in [2.24, 2.45) is 5.14 Å². The van der Waals surface area contributed by atoms with Crippen molar-refractivity contribution < 1.29 is 13.5 Å². The lowest BCUT2D eigenvalue weighted by Gasteiger charge is -2.37. The molecule has 0 radical (unpaired) electrons. The third-order valence-corrected chi connectivity index (χ3v) is 5.51. The quantitative estimate of drug-likeness (QED) is 0.682. The average molecular weight is 393 g/mol. The van der Waals surface area contributed by atoms with Gasteiger partial charge in [-0.05, 0) is 48.6 Å². The maximum Gasteiger partial charge on any atom is 0.238 e. The van der Waals surface area contributed by atoms with Crippen molar-refractivity contribution in [3.63, 3.8) is 0 Å². The summed E-state index contributed by atoms with van der Waals surface area (Å²) in [5.74, 6) is 0.275. The smallest absolute Gasteiger partial charge is 0.238 e. The first-order chi connectivity index (χ1) is 12.3. The number of aromatic hydroxyl groups is 1. The van der Waals surface area contributed by atoms with Gasteiger partial charge in [0.2, 0.25) is 10.0 Å². The Morgan fingerprint density at radius 3 is 2.23 bits per heavy atom. The molecule has 1 fully saturated rings. The van der Waals surface area contributed by atoms with Crippen LogP contribution in [0.2, 0.25) is 0 Å². The highest BCUT2D eigenvalue weighted by molar-refractivity contribution is 7.89. The Bertz CT molecular complexity index is 892. The number of hydrogen-bond donors (Lipinski definition) is 3. The van der Waals surface area contributed by atoms with E-state index >= 15 is 0 Å². The number of sulfonamides is 1. The SMILES string of the molecule is NS(=O)(=O)c1ccc(NC(=S)N2CCN(c3ccccc3O)CC2)cc1. The second-order valence-electron chi connectivity index (χ2n) is 5.96. The molecule has 0 atom stereocenters. The Kier molecular flexibility index (Phi) is 5.30. The number of phenolic OH excluding ortho intramolecular Hbond substituents is 1. The van der Waals surface area contributed by atoms with E-state index in [9.17, 15) is 13.5 Å². The normalized spacial score (nSPS) is 15.0. The lowest BCUT2D eigenvalue weighted by atomic mass is 10.2. The molecule has 0 bridgehead atoms. The molecule has 0 spiro atoms. The van der Waals surface area contributed by atoms with E-state index in [-0.39, 0.29) is 10.6 Å². The average Bonchev–Trinajstić information content (AvgIpc) is 2.62. The summed E-state index contributed by atoms with van der Waals surface area (Å²) in [6, 6.07) is 13.4. The van der Waals surface area contributed by atoms with Crippen LogP contribution in [0.15, 0.2) is 53.4 Å². The van der Waals surface area contributed by atoms with Crippen LogP contribution in [0.25, 0.3) is 0 Å². The van der Waals surface area contributed by atoms with E-state index in [1.165, 1.54) is 12.1 Å². The van der Waals surface area contributed by atoms with E-state index in [0.29, 0.717) is 10.8 Å². The number of phenols is 1. The Morgan fingerprint density at radius 1 is 1.04 bits per heavy atom. The van der Waals surface area contributed by atoms with Crippen LogP contribution in [0, 0.1) is 0 Å². The number of piperazine rings is 1. The van der Waals surface area contributed by atoms with Crippen LogP contribution in [0.1, 0.15) is 0 Å². The van der Waals surface area contributed by atoms with E-state index in [1.807, 2.05) is 17.0 Å². The molecule has 1 aliphatic rings. The molecule has 138 valence electrons. The lowest BCUT2D eigenvalue weighted by molar-refractivity contribution is 0.387. The minimum Gasteiger partial charge on any atom is -0.506 e. The number of nitrogens with one attached hydrogen (secondary N) is 1. The predicted octanol–water partition coefficient (Wildman–Crippen LogP) is 1.56. The topological polar surface area (TPSA) is 98.9 Å². The van der Waals surface area contributed by atoms with Gasteiger partial charge in [-0.3, -0.25) is 0 Å². The zero-order valence-electron chi connectivity index (χ0n) is 14.0. The number of hydrogen-bond acceptors (Lipinski definition) is 5. The monoisotopic (exact) mass is 392 g/mol. The third kappa shape index (κ3) is 4.24. The zero-order valence-corrected chi connectivity index (χ0v) is 15.6. The Balaban J connectivity index is 1.58. The molecule has 3 rings (SSSR count). The van der Waals surface area contributed by atoms with Gasteiger partial charge in [0.1, 0.15) is 5.75 Å². The standard InChI is InChI=1S/C17H20N4O3S2/c18-26(23,24)14-7-5-13(6-8-14)19-17(25)21-11-9-20(10-12-21)15-3-1-2-4-16(15)22/h1-8,22H,9-12H2,(H,19,25)(H2,18,23,24). The first-order valence-corrected chi connectivity index (χ1v) is 10.0. The highest BCUT2D eigenvalue weighted by Crippen LogP contribution is 2.27. The number of nitrogens with zero attached hydrogens (tertiary/aromatic N) is 2. The second kappa shape index (κ2) is 7.48. The number of benzene rings is 2. The van der Waals surface area contributed by atoms with Crippen molar-refractivity contribution in [2.45, 2.75) is 4.90 Å². The van der Waals surface area contributed by atoms with Gasteiger partial charge in [-0.1, -0.05) is 12.1 Å². The maximum atomic E-state index is 11.3. The molecular formula is C17H20N4O3S2. The van der Waals surface area contributed by atoms with Crippen molar-refractivity contribution in [3.05, 3.63) is 48.5 Å². The van der Waals surface area contributed by atoms with Crippen LogP contribution in [0.4, 0.5) is 11.4 Å². The maximum absolute atomic E-state index is 11.3. The van der Waals surface area contributed by atoms with Crippen molar-refractivity contribution in [2.75, 3.05) is 36.4 Å². The number of rotatable bonds is 3. The Labute approximate surface area is 158 Å². The van der Waals surface area contributed by atoms with Crippen LogP contribution < -0.4 is 15.4 Å². The minimum atomic E-state index is -3.70. The highest BCUT2D eigenvalue weighted by Gasteiger charge is 2.20. The molecule has 26 heavy (non-hydrogen) atoms. The van der Waals surface area contributed by atoms with Crippen LogP contribution in [-0.2, 0) is 10.0 Å². The largest absolute Gasteiger partial charge is 0.506 e. The van der Waals surface area contributed by atoms with E-state index in [4.69, 9.17) is 17.4 Å². The van der Waals surface area contributed by atoms with Crippen LogP contribution in [-0.4, -0.2) is 49.7 Å². The summed E-state index contributed by atoms with van der Waals surface area (Å²) in [7, 11) is -3.70. The molecule has 2 aromatic carbocycles. The van der Waals surface area contributed by atoms with Crippen molar-refractivity contribution >= 4 is 38.7 Å². The van der Waals surface area contributed by atoms with Crippen LogP contribution >= 0.6 is 12.2 Å². The summed E-state index contributed by atoms with van der Waals surface area (Å²) >= 11 is 5.45. The summed E-state index contributed by atoms with van der Waals surface area (Å²) in [4.78, 5) is 4.22. The molecule has 0 aromatic heterocycles. The first kappa shape index (κ1) is 18.4. The predicted molar refractivity (Wildman–Crippen MR) is 106 cm³/mol. The number of anilines is 2. The van der Waals surface area contributed by atoms with Crippen LogP contribution in [0.3, 0.4) is 0 Å². The van der Waals surface area contributed by atoms with Crippen molar-refractivity contribution in [3.8, 4) is 5.75 Å². The number of para-hydroxylation sites is 2. The van der Waals surface area contributed by atoms with Gasteiger partial charge in [0.15, 0.2) is 5.11 Å². The zero-order chi connectivity index (χ0) is 18.7. The molecular weight excluding hydrogens is 372 g/mol. The fourth-order valence-electron chi connectivity index (χ4n) is 2.81. The molecule has 9 heteroatoms. The van der Waals surface area contributed by atoms with E-state index < -0.39 is 10.0 Å². The van der Waals surface area contributed by atoms with Gasteiger partial charge >= 0.3 is 0 Å². The molecule has 7 nitrogen and oxygen atoms in total. The molecule has 4 N–H and O–H groups in total. The van der Waals surface area contributed by atoms with Gasteiger partial charge in [0.05, 0.1) is 10.6 Å². The van der Waals surface area contributed by atoms with Gasteiger partial charge in [-0.25, -0.2) is 13.6 Å². The third-order valence-electron chi connectivity index (χ3n) is 4.22. The van der Waals surface area contributed by atoms with Crippen molar-refractivity contribution in [1.82, 2.24) is 4.90 Å². The molecule has 1 aliphatic heterocycles. The summed E-state index contributed by atoms with van der Waals surface area (Å²) in [6.45, 7) is 2.92. The summed E-state index contributed by atoms with van der Waals surface area (Å²) in [6.07, 6.45) is 0. The molecule has 0 unspecified atom stereocenters. The van der Waals surface area contributed by atoms with Gasteiger partial charge in [0, 0.05) is 31.9 Å². The van der Waals surface area contributed by atoms with E-state index in [1.54, 1.807) is 24.3 Å². The Morgan fingerprint density at radius 2 is 1.65 bits per heavy atom. The van der Waals surface area contributed by atoms with Crippen molar-refractivity contribution in [1.29, 1.82) is 0 Å². The first-order valence-electron chi connectivity index (χ1n) is 8.06. The fraction of sp³-hybridized carbons (Fsp3) is 0.235.